The first kappa shape index (κ1) is 18.0. The standard InChI is InChI=1S/C20H20ClN3O2/c1-13(2)22-19(26)12-24-11-18(14-5-4-8-17(25)10-14)23-20(24)15-6-3-7-16(21)9-15/h3-11,13,25H,12H2,1-2H3,(H,22,26). The number of phenols is 1. The average molecular weight is 370 g/mol. The molecule has 1 aromatic heterocycles. The molecule has 1 amide bonds. The van der Waals surface area contributed by atoms with E-state index in [4.69, 9.17) is 11.6 Å². The summed E-state index contributed by atoms with van der Waals surface area (Å²) >= 11 is 6.12. The molecule has 5 nitrogen and oxygen atoms in total. The van der Waals surface area contributed by atoms with Crippen molar-refractivity contribution >= 4 is 17.5 Å². The maximum Gasteiger partial charge on any atom is 0.240 e. The van der Waals surface area contributed by atoms with E-state index in [9.17, 15) is 9.90 Å². The van der Waals surface area contributed by atoms with Crippen LogP contribution in [0.5, 0.6) is 5.75 Å². The van der Waals surface area contributed by atoms with Gasteiger partial charge in [-0.1, -0.05) is 35.9 Å². The number of hydrogen-bond acceptors (Lipinski definition) is 3. The highest BCUT2D eigenvalue weighted by Gasteiger charge is 2.15. The van der Waals surface area contributed by atoms with Gasteiger partial charge in [-0.3, -0.25) is 4.79 Å². The van der Waals surface area contributed by atoms with E-state index in [0.29, 0.717) is 16.5 Å². The van der Waals surface area contributed by atoms with Gasteiger partial charge in [0.25, 0.3) is 0 Å². The first-order valence-electron chi connectivity index (χ1n) is 8.34. The first-order valence-corrected chi connectivity index (χ1v) is 8.72. The van der Waals surface area contributed by atoms with Crippen molar-refractivity contribution < 1.29 is 9.90 Å². The van der Waals surface area contributed by atoms with Crippen molar-refractivity contribution in [2.24, 2.45) is 0 Å². The summed E-state index contributed by atoms with van der Waals surface area (Å²) in [6.07, 6.45) is 1.81. The van der Waals surface area contributed by atoms with Crippen LogP contribution in [0.15, 0.2) is 54.7 Å². The normalized spacial score (nSPS) is 10.9. The van der Waals surface area contributed by atoms with E-state index in [0.717, 1.165) is 11.1 Å². The quantitative estimate of drug-likeness (QED) is 0.711. The number of nitrogens with one attached hydrogen (secondary N) is 1. The maximum absolute atomic E-state index is 12.2. The molecular formula is C20H20ClN3O2. The van der Waals surface area contributed by atoms with E-state index in [2.05, 4.69) is 10.3 Å². The second-order valence-electron chi connectivity index (χ2n) is 6.36. The van der Waals surface area contributed by atoms with Crippen molar-refractivity contribution in [2.45, 2.75) is 26.4 Å². The summed E-state index contributed by atoms with van der Waals surface area (Å²) in [4.78, 5) is 16.9. The zero-order valence-corrected chi connectivity index (χ0v) is 15.4. The number of imidazole rings is 1. The molecule has 0 spiro atoms. The largest absolute Gasteiger partial charge is 0.508 e. The third-order valence-electron chi connectivity index (χ3n) is 3.76. The fourth-order valence-electron chi connectivity index (χ4n) is 2.72. The molecule has 0 aliphatic rings. The smallest absolute Gasteiger partial charge is 0.240 e. The minimum absolute atomic E-state index is 0.0613. The van der Waals surface area contributed by atoms with E-state index in [1.807, 2.05) is 44.3 Å². The Hall–Kier alpha value is -2.79. The molecule has 0 atom stereocenters. The van der Waals surface area contributed by atoms with Gasteiger partial charge in [0.15, 0.2) is 0 Å². The number of nitrogens with zero attached hydrogens (tertiary/aromatic N) is 2. The predicted molar refractivity (Wildman–Crippen MR) is 103 cm³/mol. The molecule has 0 saturated carbocycles. The lowest BCUT2D eigenvalue weighted by molar-refractivity contribution is -0.122. The summed E-state index contributed by atoms with van der Waals surface area (Å²) in [6, 6.07) is 14.3. The summed E-state index contributed by atoms with van der Waals surface area (Å²) in [5.74, 6) is 0.715. The minimum Gasteiger partial charge on any atom is -0.508 e. The highest BCUT2D eigenvalue weighted by atomic mass is 35.5. The second-order valence-corrected chi connectivity index (χ2v) is 6.80. The Kier molecular flexibility index (Phi) is 5.28. The number of amides is 1. The summed E-state index contributed by atoms with van der Waals surface area (Å²) in [7, 11) is 0. The molecule has 3 rings (SSSR count). The summed E-state index contributed by atoms with van der Waals surface area (Å²) in [5.41, 5.74) is 2.27. The van der Waals surface area contributed by atoms with Gasteiger partial charge in [0.05, 0.1) is 5.69 Å². The monoisotopic (exact) mass is 369 g/mol. The lowest BCUT2D eigenvalue weighted by Crippen LogP contribution is -2.33. The van der Waals surface area contributed by atoms with Gasteiger partial charge < -0.3 is 15.0 Å². The fraction of sp³-hybridized carbons (Fsp3) is 0.200. The number of carbonyl (C=O) groups is 1. The van der Waals surface area contributed by atoms with Crippen LogP contribution < -0.4 is 5.32 Å². The summed E-state index contributed by atoms with van der Waals surface area (Å²) in [6.45, 7) is 3.98. The van der Waals surface area contributed by atoms with Crippen LogP contribution in [0.3, 0.4) is 0 Å². The number of halogens is 1. The van der Waals surface area contributed by atoms with Crippen molar-refractivity contribution in [1.82, 2.24) is 14.9 Å². The topological polar surface area (TPSA) is 67.2 Å². The minimum atomic E-state index is -0.0943. The zero-order chi connectivity index (χ0) is 18.7. The highest BCUT2D eigenvalue weighted by molar-refractivity contribution is 6.30. The SMILES string of the molecule is CC(C)NC(=O)Cn1cc(-c2cccc(O)c2)nc1-c1cccc(Cl)c1. The molecule has 6 heteroatoms. The lowest BCUT2D eigenvalue weighted by atomic mass is 10.1. The van der Waals surface area contributed by atoms with E-state index in [1.54, 1.807) is 28.8 Å². The van der Waals surface area contributed by atoms with Crippen LogP contribution in [-0.4, -0.2) is 26.6 Å². The van der Waals surface area contributed by atoms with E-state index in [1.165, 1.54) is 0 Å². The number of aromatic hydroxyl groups is 1. The highest BCUT2D eigenvalue weighted by Crippen LogP contribution is 2.28. The third-order valence-corrected chi connectivity index (χ3v) is 4.00. The molecule has 0 radical (unpaired) electrons. The average Bonchev–Trinajstić information content (AvgIpc) is 2.98. The van der Waals surface area contributed by atoms with Crippen molar-refractivity contribution in [3.8, 4) is 28.4 Å². The molecule has 0 bridgehead atoms. The van der Waals surface area contributed by atoms with Gasteiger partial charge in [0.1, 0.15) is 18.1 Å². The molecule has 3 aromatic rings. The molecule has 0 saturated heterocycles. The van der Waals surface area contributed by atoms with Crippen molar-refractivity contribution in [2.75, 3.05) is 0 Å². The Bertz CT molecular complexity index is 934. The van der Waals surface area contributed by atoms with Crippen molar-refractivity contribution in [1.29, 1.82) is 0 Å². The molecule has 134 valence electrons. The lowest BCUT2D eigenvalue weighted by Gasteiger charge is -2.11. The van der Waals surface area contributed by atoms with Gasteiger partial charge in [0.2, 0.25) is 5.91 Å². The van der Waals surface area contributed by atoms with Gasteiger partial charge in [-0.15, -0.1) is 0 Å². The molecule has 0 aliphatic heterocycles. The third kappa shape index (κ3) is 4.24. The van der Waals surface area contributed by atoms with Crippen LogP contribution in [0.1, 0.15) is 13.8 Å². The van der Waals surface area contributed by atoms with Gasteiger partial charge in [-0.2, -0.15) is 0 Å². The molecule has 1 heterocycles. The van der Waals surface area contributed by atoms with Crippen LogP contribution in [0.4, 0.5) is 0 Å². The van der Waals surface area contributed by atoms with Crippen molar-refractivity contribution in [3.05, 3.63) is 59.8 Å². The maximum atomic E-state index is 12.2. The Morgan fingerprint density at radius 1 is 1.19 bits per heavy atom. The van der Waals surface area contributed by atoms with Crippen LogP contribution in [-0.2, 0) is 11.3 Å². The summed E-state index contributed by atoms with van der Waals surface area (Å²) in [5, 5.41) is 13.2. The van der Waals surface area contributed by atoms with E-state index >= 15 is 0 Å². The van der Waals surface area contributed by atoms with Gasteiger partial charge in [-0.25, -0.2) is 4.98 Å². The Morgan fingerprint density at radius 2 is 1.92 bits per heavy atom. The molecule has 26 heavy (non-hydrogen) atoms. The Morgan fingerprint density at radius 3 is 2.62 bits per heavy atom. The van der Waals surface area contributed by atoms with Crippen LogP contribution in [0, 0.1) is 0 Å². The molecule has 2 N–H and O–H groups in total. The Labute approximate surface area is 157 Å². The van der Waals surface area contributed by atoms with Gasteiger partial charge in [-0.05, 0) is 38.1 Å². The van der Waals surface area contributed by atoms with E-state index in [-0.39, 0.29) is 24.2 Å². The first-order chi connectivity index (χ1) is 12.4. The van der Waals surface area contributed by atoms with E-state index < -0.39 is 0 Å². The number of carbonyl (C=O) groups excluding carboxylic acids is 1. The zero-order valence-electron chi connectivity index (χ0n) is 14.6. The summed E-state index contributed by atoms with van der Waals surface area (Å²) < 4.78 is 1.79. The second kappa shape index (κ2) is 7.62. The molecule has 0 unspecified atom stereocenters. The van der Waals surface area contributed by atoms with Crippen LogP contribution in [0.25, 0.3) is 22.6 Å². The number of phenolic OH excluding ortho intramolecular Hbond substituents is 1. The molecular weight excluding hydrogens is 350 g/mol. The van der Waals surface area contributed by atoms with Crippen LogP contribution >= 0.6 is 11.6 Å². The number of hydrogen-bond donors (Lipinski definition) is 2. The van der Waals surface area contributed by atoms with Crippen molar-refractivity contribution in [3.63, 3.8) is 0 Å². The molecule has 0 fully saturated rings. The Balaban J connectivity index is 2.04. The number of aromatic nitrogens is 2. The van der Waals surface area contributed by atoms with Gasteiger partial charge in [0, 0.05) is 28.4 Å². The fourth-order valence-corrected chi connectivity index (χ4v) is 2.91. The molecule has 0 aliphatic carbocycles. The number of rotatable bonds is 5. The molecule has 2 aromatic carbocycles. The van der Waals surface area contributed by atoms with Crippen LogP contribution in [0.2, 0.25) is 5.02 Å². The van der Waals surface area contributed by atoms with Gasteiger partial charge >= 0.3 is 0 Å². The number of benzene rings is 2. The predicted octanol–water partition coefficient (Wildman–Crippen LogP) is 4.10.